The maximum atomic E-state index is 15.1. The summed E-state index contributed by atoms with van der Waals surface area (Å²) < 4.78 is 32.6. The van der Waals surface area contributed by atoms with E-state index >= 15 is 4.39 Å². The van der Waals surface area contributed by atoms with Crippen LogP contribution < -0.4 is 5.73 Å². The van der Waals surface area contributed by atoms with Gasteiger partial charge in [-0.2, -0.15) is 14.7 Å². The Labute approximate surface area is 218 Å². The molecule has 37 heavy (non-hydrogen) atoms. The standard InChI is InChI=1S/C24H24BrF2N7O3/c25-18-21(13-3-1-12(2-4-13)19(27)24(36)37)32-23-16(10-31-34(23)22(18)28)14-7-17(26)20(29-8-14)15-9-30-33(11-15)5-6-35/h7-13,19,35H,1-6,28H2,(H,36,37). The van der Waals surface area contributed by atoms with Gasteiger partial charge in [0.15, 0.2) is 11.8 Å². The number of carboxylic acids is 1. The second-order valence-electron chi connectivity index (χ2n) is 9.11. The van der Waals surface area contributed by atoms with Crippen molar-refractivity contribution in [3.05, 3.63) is 46.8 Å². The van der Waals surface area contributed by atoms with Gasteiger partial charge in [0.05, 0.1) is 35.7 Å². The number of nitrogens with zero attached hydrogens (tertiary/aromatic N) is 6. The summed E-state index contributed by atoms with van der Waals surface area (Å²) in [6.07, 6.45) is 6.27. The maximum Gasteiger partial charge on any atom is 0.338 e. The number of rotatable bonds is 7. The molecule has 4 N–H and O–H groups in total. The lowest BCUT2D eigenvalue weighted by Crippen LogP contribution is -2.28. The molecule has 4 heterocycles. The molecular formula is C24H24BrF2N7O3. The minimum absolute atomic E-state index is 0.0469. The van der Waals surface area contributed by atoms with Gasteiger partial charge in [-0.25, -0.2) is 18.6 Å². The van der Waals surface area contributed by atoms with E-state index in [1.165, 1.54) is 27.7 Å². The van der Waals surface area contributed by atoms with Crippen molar-refractivity contribution < 1.29 is 23.8 Å². The number of hydrogen-bond donors (Lipinski definition) is 3. The first-order valence-corrected chi connectivity index (χ1v) is 12.6. The Morgan fingerprint density at radius 1 is 1.19 bits per heavy atom. The largest absolute Gasteiger partial charge is 0.479 e. The highest BCUT2D eigenvalue weighted by Crippen LogP contribution is 2.42. The average molecular weight is 576 g/mol. The summed E-state index contributed by atoms with van der Waals surface area (Å²) in [5.74, 6) is -2.23. The van der Waals surface area contributed by atoms with E-state index in [9.17, 15) is 9.18 Å². The Kier molecular flexibility index (Phi) is 6.90. The second-order valence-corrected chi connectivity index (χ2v) is 9.90. The zero-order chi connectivity index (χ0) is 26.3. The molecule has 1 aliphatic rings. The van der Waals surface area contributed by atoms with E-state index in [0.717, 1.165) is 0 Å². The highest BCUT2D eigenvalue weighted by molar-refractivity contribution is 9.10. The average Bonchev–Trinajstić information content (AvgIpc) is 3.53. The van der Waals surface area contributed by atoms with Gasteiger partial charge < -0.3 is 15.9 Å². The molecule has 194 valence electrons. The molecule has 10 nitrogen and oxygen atoms in total. The van der Waals surface area contributed by atoms with Crippen LogP contribution in [0.1, 0.15) is 37.3 Å². The van der Waals surface area contributed by atoms with Crippen molar-refractivity contribution in [1.82, 2.24) is 29.4 Å². The van der Waals surface area contributed by atoms with Crippen LogP contribution in [-0.4, -0.2) is 58.3 Å². The molecule has 0 amide bonds. The number of pyridine rings is 1. The van der Waals surface area contributed by atoms with Crippen LogP contribution in [0.3, 0.4) is 0 Å². The first-order valence-electron chi connectivity index (χ1n) is 11.8. The monoisotopic (exact) mass is 575 g/mol. The highest BCUT2D eigenvalue weighted by Gasteiger charge is 2.34. The van der Waals surface area contributed by atoms with E-state index in [1.54, 1.807) is 12.4 Å². The van der Waals surface area contributed by atoms with Crippen molar-refractivity contribution in [2.24, 2.45) is 5.92 Å². The molecule has 4 aromatic rings. The number of fused-ring (bicyclic) bond motifs is 1. The lowest BCUT2D eigenvalue weighted by atomic mass is 9.78. The molecule has 0 bridgehead atoms. The zero-order valence-electron chi connectivity index (χ0n) is 19.6. The van der Waals surface area contributed by atoms with E-state index < -0.39 is 23.9 Å². The summed E-state index contributed by atoms with van der Waals surface area (Å²) in [5.41, 5.74) is 9.07. The third kappa shape index (κ3) is 4.68. The Morgan fingerprint density at radius 3 is 2.62 bits per heavy atom. The van der Waals surface area contributed by atoms with Crippen LogP contribution in [0.4, 0.5) is 14.6 Å². The molecule has 1 fully saturated rings. The summed E-state index contributed by atoms with van der Waals surface area (Å²) in [6.45, 7) is 0.210. The van der Waals surface area contributed by atoms with Crippen molar-refractivity contribution in [2.45, 2.75) is 44.3 Å². The number of nitrogens with two attached hydrogens (primary N) is 1. The number of halogens is 3. The van der Waals surface area contributed by atoms with Crippen LogP contribution >= 0.6 is 15.9 Å². The van der Waals surface area contributed by atoms with Gasteiger partial charge in [0.1, 0.15) is 17.3 Å². The van der Waals surface area contributed by atoms with E-state index in [4.69, 9.17) is 20.9 Å². The van der Waals surface area contributed by atoms with Crippen LogP contribution in [0.25, 0.3) is 28.0 Å². The molecule has 4 aromatic heterocycles. The van der Waals surface area contributed by atoms with E-state index in [-0.39, 0.29) is 18.2 Å². The third-order valence-electron chi connectivity index (χ3n) is 6.84. The van der Waals surface area contributed by atoms with E-state index in [2.05, 4.69) is 31.1 Å². The molecule has 0 radical (unpaired) electrons. The summed E-state index contributed by atoms with van der Waals surface area (Å²) in [7, 11) is 0. The van der Waals surface area contributed by atoms with Gasteiger partial charge in [0.25, 0.3) is 0 Å². The number of aliphatic hydroxyl groups is 1. The summed E-state index contributed by atoms with van der Waals surface area (Å²) >= 11 is 3.52. The summed E-state index contributed by atoms with van der Waals surface area (Å²) in [6, 6.07) is 1.35. The minimum Gasteiger partial charge on any atom is -0.479 e. The number of aliphatic hydroxyl groups excluding tert-OH is 1. The van der Waals surface area contributed by atoms with Crippen LogP contribution in [0.5, 0.6) is 0 Å². The van der Waals surface area contributed by atoms with Gasteiger partial charge in [-0.05, 0) is 47.7 Å². The number of nitrogen functional groups attached to an aromatic ring is 1. The molecule has 5 rings (SSSR count). The first-order chi connectivity index (χ1) is 17.8. The van der Waals surface area contributed by atoms with Gasteiger partial charge in [-0.1, -0.05) is 0 Å². The van der Waals surface area contributed by atoms with Gasteiger partial charge in [-0.15, -0.1) is 0 Å². The zero-order valence-corrected chi connectivity index (χ0v) is 21.1. The van der Waals surface area contributed by atoms with Crippen molar-refractivity contribution in [1.29, 1.82) is 0 Å². The second kappa shape index (κ2) is 10.1. The predicted octanol–water partition coefficient (Wildman–Crippen LogP) is 3.83. The third-order valence-corrected chi connectivity index (χ3v) is 7.66. The topological polar surface area (TPSA) is 144 Å². The molecule has 0 spiro atoms. The molecular weight excluding hydrogens is 552 g/mol. The molecule has 1 saturated carbocycles. The quantitative estimate of drug-likeness (QED) is 0.301. The molecule has 0 aliphatic heterocycles. The SMILES string of the molecule is Nc1c(Br)c(C2CCC(C(F)C(=O)O)CC2)nc2c(-c3cnc(-c4cnn(CCO)c4)c(F)c3)cnn12. The van der Waals surface area contributed by atoms with Gasteiger partial charge in [0.2, 0.25) is 0 Å². The number of aliphatic carboxylic acids is 1. The molecule has 0 aromatic carbocycles. The fraction of sp³-hybridized carbons (Fsp3) is 0.375. The minimum atomic E-state index is -1.87. The fourth-order valence-electron chi connectivity index (χ4n) is 4.88. The molecule has 13 heteroatoms. The van der Waals surface area contributed by atoms with Gasteiger partial charge in [0, 0.05) is 40.9 Å². The predicted molar refractivity (Wildman–Crippen MR) is 134 cm³/mol. The molecule has 1 unspecified atom stereocenters. The summed E-state index contributed by atoms with van der Waals surface area (Å²) in [4.78, 5) is 20.1. The number of carboxylic acid groups (broad SMARTS) is 1. The smallest absolute Gasteiger partial charge is 0.338 e. The van der Waals surface area contributed by atoms with Crippen molar-refractivity contribution in [3.63, 3.8) is 0 Å². The fourth-order valence-corrected chi connectivity index (χ4v) is 5.46. The van der Waals surface area contributed by atoms with E-state index in [1.807, 2.05) is 0 Å². The van der Waals surface area contributed by atoms with Gasteiger partial charge in [-0.3, -0.25) is 9.67 Å². The lowest BCUT2D eigenvalue weighted by Gasteiger charge is -2.29. The van der Waals surface area contributed by atoms with Crippen molar-refractivity contribution >= 4 is 33.4 Å². The summed E-state index contributed by atoms with van der Waals surface area (Å²) in [5, 5.41) is 26.5. The number of anilines is 1. The molecule has 1 atom stereocenters. The number of aromatic nitrogens is 6. The lowest BCUT2D eigenvalue weighted by molar-refractivity contribution is -0.145. The Balaban J connectivity index is 1.46. The van der Waals surface area contributed by atoms with Crippen LogP contribution in [0.15, 0.2) is 35.3 Å². The van der Waals surface area contributed by atoms with Crippen molar-refractivity contribution in [3.8, 4) is 22.4 Å². The molecule has 0 saturated heterocycles. The van der Waals surface area contributed by atoms with E-state index in [0.29, 0.717) is 70.6 Å². The van der Waals surface area contributed by atoms with Crippen LogP contribution in [0, 0.1) is 11.7 Å². The number of alkyl halides is 1. The van der Waals surface area contributed by atoms with Crippen LogP contribution in [0.2, 0.25) is 0 Å². The maximum absolute atomic E-state index is 15.1. The van der Waals surface area contributed by atoms with Gasteiger partial charge >= 0.3 is 5.97 Å². The first kappa shape index (κ1) is 25.2. The Bertz CT molecular complexity index is 1470. The van der Waals surface area contributed by atoms with Crippen molar-refractivity contribution in [2.75, 3.05) is 12.3 Å². The Morgan fingerprint density at radius 2 is 1.95 bits per heavy atom. The number of carbonyl (C=O) groups is 1. The normalized spacial score (nSPS) is 18.8. The number of hydrogen-bond acceptors (Lipinski definition) is 7. The molecule has 1 aliphatic carbocycles. The highest BCUT2D eigenvalue weighted by atomic mass is 79.9. The Hall–Kier alpha value is -3.45. The van der Waals surface area contributed by atoms with Crippen LogP contribution in [-0.2, 0) is 11.3 Å².